The van der Waals surface area contributed by atoms with Crippen LogP contribution in [-0.2, 0) is 0 Å². The number of carboxylic acid groups (broad SMARTS) is 1. The molecule has 0 aromatic carbocycles. The van der Waals surface area contributed by atoms with Crippen molar-refractivity contribution in [1.82, 2.24) is 19.9 Å². The highest BCUT2D eigenvalue weighted by atomic mass is 16.4. The number of aromatic nitrogens is 4. The average molecular weight is 266 g/mol. The van der Waals surface area contributed by atoms with Crippen molar-refractivity contribution in [3.63, 3.8) is 0 Å². The zero-order valence-electron chi connectivity index (χ0n) is 10.3. The normalized spacial score (nSPS) is 10.4. The van der Waals surface area contributed by atoms with E-state index < -0.39 is 5.97 Å². The Labute approximate surface area is 114 Å². The lowest BCUT2D eigenvalue weighted by molar-refractivity contribution is 0.0692. The lowest BCUT2D eigenvalue weighted by atomic mass is 10.2. The predicted molar refractivity (Wildman–Crippen MR) is 72.0 cm³/mol. The van der Waals surface area contributed by atoms with Crippen molar-refractivity contribution in [3.05, 3.63) is 54.7 Å². The Morgan fingerprint density at radius 2 is 1.70 bits per heavy atom. The summed E-state index contributed by atoms with van der Waals surface area (Å²) in [6, 6.07) is 7.08. The molecule has 98 valence electrons. The molecule has 3 aromatic rings. The van der Waals surface area contributed by atoms with Crippen LogP contribution in [0, 0.1) is 0 Å². The van der Waals surface area contributed by atoms with E-state index in [1.54, 1.807) is 43.0 Å². The van der Waals surface area contributed by atoms with Gasteiger partial charge in [0.1, 0.15) is 11.5 Å². The van der Waals surface area contributed by atoms with Gasteiger partial charge in [-0.2, -0.15) is 0 Å². The monoisotopic (exact) mass is 266 g/mol. The van der Waals surface area contributed by atoms with Crippen molar-refractivity contribution < 1.29 is 9.90 Å². The minimum atomic E-state index is -1.06. The molecule has 0 amide bonds. The van der Waals surface area contributed by atoms with E-state index in [1.807, 2.05) is 6.07 Å². The van der Waals surface area contributed by atoms with Gasteiger partial charge in [-0.25, -0.2) is 9.78 Å². The van der Waals surface area contributed by atoms with Crippen LogP contribution in [0.5, 0.6) is 0 Å². The second-order valence-electron chi connectivity index (χ2n) is 4.10. The Balaban J connectivity index is 2.15. The summed E-state index contributed by atoms with van der Waals surface area (Å²) in [5, 5.41) is 9.28. The minimum absolute atomic E-state index is 0.0388. The molecule has 0 atom stereocenters. The van der Waals surface area contributed by atoms with Crippen molar-refractivity contribution in [1.29, 1.82) is 0 Å². The van der Waals surface area contributed by atoms with Crippen molar-refractivity contribution in [2.45, 2.75) is 0 Å². The van der Waals surface area contributed by atoms with Crippen LogP contribution in [0.2, 0.25) is 0 Å². The Kier molecular flexibility index (Phi) is 2.96. The molecule has 2 N–H and O–H groups in total. The lowest BCUT2D eigenvalue weighted by Gasteiger charge is -1.96. The first-order chi connectivity index (χ1) is 9.75. The Morgan fingerprint density at radius 3 is 2.25 bits per heavy atom. The Morgan fingerprint density at radius 1 is 1.05 bits per heavy atom. The number of rotatable bonds is 3. The molecule has 0 fully saturated rings. The third-order valence-corrected chi connectivity index (χ3v) is 2.79. The number of aromatic amines is 1. The van der Waals surface area contributed by atoms with E-state index in [2.05, 4.69) is 19.9 Å². The summed E-state index contributed by atoms with van der Waals surface area (Å²) < 4.78 is 0. The Bertz CT molecular complexity index is 738. The quantitative estimate of drug-likeness (QED) is 0.758. The zero-order chi connectivity index (χ0) is 13.9. The van der Waals surface area contributed by atoms with Crippen LogP contribution >= 0.6 is 0 Å². The molecule has 0 aliphatic carbocycles. The fourth-order valence-corrected chi connectivity index (χ4v) is 1.88. The van der Waals surface area contributed by atoms with Crippen LogP contribution in [0.15, 0.2) is 49.1 Å². The Hall–Kier alpha value is -3.02. The largest absolute Gasteiger partial charge is 0.477 e. The molecule has 3 aromatic heterocycles. The minimum Gasteiger partial charge on any atom is -0.477 e. The number of carbonyl (C=O) groups is 1. The summed E-state index contributed by atoms with van der Waals surface area (Å²) in [7, 11) is 0. The van der Waals surface area contributed by atoms with Gasteiger partial charge in [0.05, 0.1) is 0 Å². The van der Waals surface area contributed by atoms with Crippen LogP contribution in [0.1, 0.15) is 10.5 Å². The van der Waals surface area contributed by atoms with Crippen LogP contribution < -0.4 is 0 Å². The van der Waals surface area contributed by atoms with Crippen LogP contribution in [0.25, 0.3) is 22.6 Å². The van der Waals surface area contributed by atoms with E-state index in [1.165, 1.54) is 0 Å². The third kappa shape index (κ3) is 2.14. The maximum absolute atomic E-state index is 11.3. The molecule has 0 saturated heterocycles. The molecule has 0 saturated carbocycles. The maximum atomic E-state index is 11.3. The number of nitrogens with one attached hydrogen (secondary N) is 1. The van der Waals surface area contributed by atoms with Crippen LogP contribution in [0.4, 0.5) is 0 Å². The van der Waals surface area contributed by atoms with Crippen molar-refractivity contribution in [2.75, 3.05) is 0 Å². The first-order valence-electron chi connectivity index (χ1n) is 5.90. The number of nitrogens with zero attached hydrogens (tertiary/aromatic N) is 3. The molecule has 3 rings (SSSR count). The molecule has 0 bridgehead atoms. The van der Waals surface area contributed by atoms with Gasteiger partial charge in [0, 0.05) is 35.9 Å². The number of carboxylic acids is 1. The molecular formula is C14H10N4O2. The van der Waals surface area contributed by atoms with E-state index in [0.29, 0.717) is 17.1 Å². The molecule has 0 aliphatic rings. The van der Waals surface area contributed by atoms with Gasteiger partial charge in [-0.05, 0) is 24.3 Å². The lowest BCUT2D eigenvalue weighted by Crippen LogP contribution is -1.99. The maximum Gasteiger partial charge on any atom is 0.354 e. The highest BCUT2D eigenvalue weighted by Crippen LogP contribution is 2.25. The average Bonchev–Trinajstić information content (AvgIpc) is 2.94. The molecule has 0 aliphatic heterocycles. The summed E-state index contributed by atoms with van der Waals surface area (Å²) in [6.45, 7) is 0. The number of hydrogen-bond donors (Lipinski definition) is 2. The van der Waals surface area contributed by atoms with Gasteiger partial charge in [-0.15, -0.1) is 0 Å². The van der Waals surface area contributed by atoms with E-state index in [0.717, 1.165) is 5.56 Å². The molecule has 3 heterocycles. The molecule has 20 heavy (non-hydrogen) atoms. The first kappa shape index (κ1) is 12.0. The number of H-pyrrole nitrogens is 1. The third-order valence-electron chi connectivity index (χ3n) is 2.79. The molecule has 6 nitrogen and oxygen atoms in total. The summed E-state index contributed by atoms with van der Waals surface area (Å²) in [5.74, 6) is -0.596. The predicted octanol–water partition coefficient (Wildman–Crippen LogP) is 2.23. The van der Waals surface area contributed by atoms with Gasteiger partial charge in [0.2, 0.25) is 0 Å². The smallest absolute Gasteiger partial charge is 0.354 e. The van der Waals surface area contributed by atoms with Crippen LogP contribution in [0.3, 0.4) is 0 Å². The number of aromatic carboxylic acids is 1. The number of hydrogen-bond acceptors (Lipinski definition) is 4. The van der Waals surface area contributed by atoms with Crippen LogP contribution in [-0.4, -0.2) is 31.0 Å². The van der Waals surface area contributed by atoms with Gasteiger partial charge in [-0.3, -0.25) is 9.97 Å². The molecular weight excluding hydrogens is 256 g/mol. The second kappa shape index (κ2) is 4.93. The summed E-state index contributed by atoms with van der Waals surface area (Å²) >= 11 is 0. The molecule has 0 radical (unpaired) electrons. The standard InChI is InChI=1S/C14H10N4O2/c19-14(20)12-11(9-3-1-5-15-7-9)17-13(18-12)10-4-2-6-16-8-10/h1-8H,(H,17,18)(H,19,20). The second-order valence-corrected chi connectivity index (χ2v) is 4.10. The van der Waals surface area contributed by atoms with Gasteiger partial charge < -0.3 is 10.1 Å². The van der Waals surface area contributed by atoms with Gasteiger partial charge in [0.25, 0.3) is 0 Å². The van der Waals surface area contributed by atoms with Gasteiger partial charge >= 0.3 is 5.97 Å². The molecule has 0 spiro atoms. The SMILES string of the molecule is O=C(O)c1[nH]c(-c2cccnc2)nc1-c1cccnc1. The summed E-state index contributed by atoms with van der Waals surface area (Å²) in [4.78, 5) is 26.5. The van der Waals surface area contributed by atoms with Crippen molar-refractivity contribution in [2.24, 2.45) is 0 Å². The highest BCUT2D eigenvalue weighted by Gasteiger charge is 2.18. The van der Waals surface area contributed by atoms with Crippen molar-refractivity contribution in [3.8, 4) is 22.6 Å². The topological polar surface area (TPSA) is 91.8 Å². The first-order valence-corrected chi connectivity index (χ1v) is 5.90. The van der Waals surface area contributed by atoms with E-state index in [4.69, 9.17) is 0 Å². The number of pyridine rings is 2. The summed E-state index contributed by atoms with van der Waals surface area (Å²) in [6.07, 6.45) is 6.47. The fourth-order valence-electron chi connectivity index (χ4n) is 1.88. The zero-order valence-corrected chi connectivity index (χ0v) is 10.3. The van der Waals surface area contributed by atoms with E-state index in [9.17, 15) is 9.90 Å². The van der Waals surface area contributed by atoms with Gasteiger partial charge in [0.15, 0.2) is 5.69 Å². The van der Waals surface area contributed by atoms with Crippen molar-refractivity contribution >= 4 is 5.97 Å². The van der Waals surface area contributed by atoms with Gasteiger partial charge in [-0.1, -0.05) is 0 Å². The number of imidazole rings is 1. The van der Waals surface area contributed by atoms with E-state index in [-0.39, 0.29) is 5.69 Å². The van der Waals surface area contributed by atoms with E-state index >= 15 is 0 Å². The molecule has 6 heteroatoms. The molecule has 0 unspecified atom stereocenters. The summed E-state index contributed by atoms with van der Waals surface area (Å²) in [5.41, 5.74) is 1.78. The highest BCUT2D eigenvalue weighted by molar-refractivity contribution is 5.93. The fraction of sp³-hybridized carbons (Fsp3) is 0.